The van der Waals surface area contributed by atoms with E-state index in [1.165, 1.54) is 5.56 Å². The Morgan fingerprint density at radius 2 is 2.00 bits per heavy atom. The van der Waals surface area contributed by atoms with Crippen molar-refractivity contribution in [2.24, 2.45) is 0 Å². The van der Waals surface area contributed by atoms with Gasteiger partial charge in [0, 0.05) is 12.6 Å². The van der Waals surface area contributed by atoms with Crippen LogP contribution in [0.15, 0.2) is 12.1 Å². The van der Waals surface area contributed by atoms with Crippen molar-refractivity contribution in [3.05, 3.63) is 17.7 Å². The van der Waals surface area contributed by atoms with E-state index in [2.05, 4.69) is 5.32 Å². The summed E-state index contributed by atoms with van der Waals surface area (Å²) in [5.74, 6) is 1.70. The monoisotopic (exact) mass is 162 g/mol. The van der Waals surface area contributed by atoms with E-state index in [1.54, 1.807) is 0 Å². The quantitative estimate of drug-likeness (QED) is 0.574. The van der Waals surface area contributed by atoms with Crippen molar-refractivity contribution in [3.8, 4) is 11.5 Å². The highest BCUT2D eigenvalue weighted by atomic mass is 16.7. The van der Waals surface area contributed by atoms with Crippen molar-refractivity contribution < 1.29 is 9.47 Å². The van der Waals surface area contributed by atoms with Gasteiger partial charge in [0.25, 0.3) is 0 Å². The largest absolute Gasteiger partial charge is 0.454 e. The molecular formula is C9H8NO2. The summed E-state index contributed by atoms with van der Waals surface area (Å²) >= 11 is 0. The highest BCUT2D eigenvalue weighted by Gasteiger charge is 2.20. The molecule has 0 spiro atoms. The van der Waals surface area contributed by atoms with E-state index in [1.807, 2.05) is 12.1 Å². The van der Waals surface area contributed by atoms with E-state index in [9.17, 15) is 0 Å². The van der Waals surface area contributed by atoms with E-state index in [4.69, 9.17) is 9.47 Å². The van der Waals surface area contributed by atoms with Crippen LogP contribution >= 0.6 is 0 Å². The highest BCUT2D eigenvalue weighted by Crippen LogP contribution is 2.38. The molecule has 0 aliphatic carbocycles. The number of nitrogens with zero attached hydrogens (tertiary/aromatic N) is 1. The van der Waals surface area contributed by atoms with Crippen LogP contribution in [0, 0.1) is 0 Å². The molecule has 0 amide bonds. The Bertz CT molecular complexity index is 275. The van der Waals surface area contributed by atoms with Gasteiger partial charge in [-0.1, -0.05) is 0 Å². The van der Waals surface area contributed by atoms with Gasteiger partial charge in [0.2, 0.25) is 6.79 Å². The average molecular weight is 162 g/mol. The first kappa shape index (κ1) is 6.17. The fraction of sp³-hybridized carbons (Fsp3) is 0.333. The number of fused-ring (bicyclic) bond motifs is 2. The summed E-state index contributed by atoms with van der Waals surface area (Å²) in [6.07, 6.45) is 1.03. The van der Waals surface area contributed by atoms with Gasteiger partial charge in [0.1, 0.15) is 0 Å². The Kier molecular flexibility index (Phi) is 1.06. The van der Waals surface area contributed by atoms with E-state index in [0.717, 1.165) is 30.2 Å². The number of hydrogen-bond donors (Lipinski definition) is 0. The fourth-order valence-electron chi connectivity index (χ4n) is 1.62. The molecule has 3 nitrogen and oxygen atoms in total. The molecule has 0 N–H and O–H groups in total. The second-order valence-corrected chi connectivity index (χ2v) is 2.97. The van der Waals surface area contributed by atoms with Crippen LogP contribution in [0.3, 0.4) is 0 Å². The highest BCUT2D eigenvalue weighted by molar-refractivity contribution is 5.59. The van der Waals surface area contributed by atoms with Gasteiger partial charge in [-0.2, -0.15) is 0 Å². The number of ether oxygens (including phenoxy) is 2. The van der Waals surface area contributed by atoms with Crippen LogP contribution in [0.1, 0.15) is 5.56 Å². The first-order valence-corrected chi connectivity index (χ1v) is 4.03. The first-order chi connectivity index (χ1) is 5.93. The van der Waals surface area contributed by atoms with Crippen molar-refractivity contribution in [2.75, 3.05) is 13.3 Å². The van der Waals surface area contributed by atoms with Gasteiger partial charge in [-0.25, -0.2) is 0 Å². The maximum Gasteiger partial charge on any atom is 0.231 e. The van der Waals surface area contributed by atoms with Crippen LogP contribution in [-0.2, 0) is 6.42 Å². The maximum atomic E-state index is 5.26. The lowest BCUT2D eigenvalue weighted by Crippen LogP contribution is -1.93. The van der Waals surface area contributed by atoms with Crippen LogP contribution in [0.2, 0.25) is 0 Å². The number of rotatable bonds is 0. The second kappa shape index (κ2) is 2.06. The van der Waals surface area contributed by atoms with Gasteiger partial charge in [0.15, 0.2) is 11.5 Å². The van der Waals surface area contributed by atoms with Gasteiger partial charge in [-0.3, -0.25) is 5.32 Å². The Balaban J connectivity index is 2.18. The summed E-state index contributed by atoms with van der Waals surface area (Å²) in [6.45, 7) is 1.25. The third kappa shape index (κ3) is 0.706. The van der Waals surface area contributed by atoms with Crippen molar-refractivity contribution >= 4 is 5.69 Å². The molecule has 0 fully saturated rings. The summed E-state index contributed by atoms with van der Waals surface area (Å²) in [7, 11) is 0. The molecule has 3 rings (SSSR count). The minimum atomic E-state index is 0.345. The predicted molar refractivity (Wildman–Crippen MR) is 42.9 cm³/mol. The number of benzene rings is 1. The zero-order chi connectivity index (χ0) is 7.97. The molecule has 0 saturated carbocycles. The van der Waals surface area contributed by atoms with E-state index in [-0.39, 0.29) is 0 Å². The molecule has 12 heavy (non-hydrogen) atoms. The molecular weight excluding hydrogens is 154 g/mol. The second-order valence-electron chi connectivity index (χ2n) is 2.97. The third-order valence-corrected chi connectivity index (χ3v) is 2.24. The molecule has 1 aromatic rings. The van der Waals surface area contributed by atoms with Gasteiger partial charge >= 0.3 is 0 Å². The minimum absolute atomic E-state index is 0.345. The van der Waals surface area contributed by atoms with E-state index >= 15 is 0 Å². The summed E-state index contributed by atoms with van der Waals surface area (Å²) in [5, 5.41) is 4.34. The summed E-state index contributed by atoms with van der Waals surface area (Å²) in [6, 6.07) is 4.00. The Hall–Kier alpha value is -1.38. The normalized spacial score (nSPS) is 17.3. The zero-order valence-electron chi connectivity index (χ0n) is 6.54. The molecule has 1 aromatic carbocycles. The predicted octanol–water partition coefficient (Wildman–Crippen LogP) is 1.21. The summed E-state index contributed by atoms with van der Waals surface area (Å²) in [5.41, 5.74) is 2.35. The van der Waals surface area contributed by atoms with Crippen LogP contribution in [0.25, 0.3) is 0 Å². The lowest BCUT2D eigenvalue weighted by Gasteiger charge is -1.99. The van der Waals surface area contributed by atoms with Gasteiger partial charge in [0.05, 0.1) is 5.69 Å². The standard InChI is InChI=1S/C9H8NO2/c1-2-10-7-4-9-8(3-6(1)7)11-5-12-9/h3-4H,1-2,5H2. The number of hydrogen-bond acceptors (Lipinski definition) is 2. The van der Waals surface area contributed by atoms with Crippen molar-refractivity contribution in [3.63, 3.8) is 0 Å². The lowest BCUT2D eigenvalue weighted by molar-refractivity contribution is 0.174. The topological polar surface area (TPSA) is 32.6 Å². The molecule has 0 unspecified atom stereocenters. The summed E-state index contributed by atoms with van der Waals surface area (Å²) in [4.78, 5) is 0. The lowest BCUT2D eigenvalue weighted by atomic mass is 10.1. The Morgan fingerprint density at radius 1 is 1.17 bits per heavy atom. The van der Waals surface area contributed by atoms with Crippen LogP contribution in [-0.4, -0.2) is 13.3 Å². The molecule has 61 valence electrons. The molecule has 2 aliphatic heterocycles. The molecule has 0 bridgehead atoms. The first-order valence-electron chi connectivity index (χ1n) is 4.03. The SMILES string of the molecule is c1c2c(cc3c1OCO3)[N]CC2. The molecule has 3 heteroatoms. The Labute approximate surface area is 70.3 Å². The molecule has 0 saturated heterocycles. The third-order valence-electron chi connectivity index (χ3n) is 2.24. The smallest absolute Gasteiger partial charge is 0.231 e. The average Bonchev–Trinajstić information content (AvgIpc) is 2.64. The fourth-order valence-corrected chi connectivity index (χ4v) is 1.62. The molecule has 1 radical (unpaired) electrons. The van der Waals surface area contributed by atoms with Gasteiger partial charge < -0.3 is 9.47 Å². The minimum Gasteiger partial charge on any atom is -0.454 e. The van der Waals surface area contributed by atoms with Crippen molar-refractivity contribution in [2.45, 2.75) is 6.42 Å². The molecule has 0 atom stereocenters. The summed E-state index contributed by atoms with van der Waals surface area (Å²) < 4.78 is 10.5. The van der Waals surface area contributed by atoms with Crippen molar-refractivity contribution in [1.29, 1.82) is 0 Å². The molecule has 0 aromatic heterocycles. The molecule has 2 heterocycles. The van der Waals surface area contributed by atoms with E-state index in [0.29, 0.717) is 6.79 Å². The van der Waals surface area contributed by atoms with E-state index < -0.39 is 0 Å². The molecule has 2 aliphatic rings. The van der Waals surface area contributed by atoms with Crippen molar-refractivity contribution in [1.82, 2.24) is 5.32 Å². The van der Waals surface area contributed by atoms with Crippen LogP contribution < -0.4 is 14.8 Å². The zero-order valence-corrected chi connectivity index (χ0v) is 6.54. The Morgan fingerprint density at radius 3 is 2.92 bits per heavy atom. The van der Waals surface area contributed by atoms with Crippen LogP contribution in [0.4, 0.5) is 5.69 Å². The van der Waals surface area contributed by atoms with Crippen LogP contribution in [0.5, 0.6) is 11.5 Å². The van der Waals surface area contributed by atoms with Gasteiger partial charge in [-0.15, -0.1) is 0 Å². The van der Waals surface area contributed by atoms with Gasteiger partial charge in [-0.05, 0) is 18.1 Å². The maximum absolute atomic E-state index is 5.26.